The van der Waals surface area contributed by atoms with Crippen molar-refractivity contribution in [2.45, 2.75) is 69.3 Å². The molecule has 16 nitrogen and oxygen atoms in total. The summed E-state index contributed by atoms with van der Waals surface area (Å²) in [5.41, 5.74) is 20.7. The van der Waals surface area contributed by atoms with Crippen molar-refractivity contribution in [2.75, 3.05) is 0 Å². The highest BCUT2D eigenvalue weighted by Gasteiger charge is 2.33. The molecule has 0 radical (unpaired) electrons. The maximum absolute atomic E-state index is 12.6. The zero-order valence-electron chi connectivity index (χ0n) is 18.5. The van der Waals surface area contributed by atoms with Gasteiger partial charge in [-0.1, -0.05) is 0 Å². The summed E-state index contributed by atoms with van der Waals surface area (Å²) < 4.78 is 0. The molecule has 0 heterocycles. The Labute approximate surface area is 194 Å². The molecule has 5 unspecified atom stereocenters. The second-order valence-corrected chi connectivity index (χ2v) is 7.47. The fraction of sp³-hybridized carbons (Fsp3) is 0.611. The number of primary amides is 3. The monoisotopic (exact) mass is 489 g/mol. The summed E-state index contributed by atoms with van der Waals surface area (Å²) in [6.45, 7) is 1.15. The average molecular weight is 489 g/mol. The molecule has 0 fully saturated rings. The second-order valence-electron chi connectivity index (χ2n) is 7.47. The van der Waals surface area contributed by atoms with Gasteiger partial charge >= 0.3 is 5.97 Å². The first-order valence-corrected chi connectivity index (χ1v) is 10.1. The molecule has 34 heavy (non-hydrogen) atoms. The van der Waals surface area contributed by atoms with Gasteiger partial charge in [0.05, 0.1) is 18.6 Å². The molecule has 0 rings (SSSR count). The zero-order chi connectivity index (χ0) is 26.6. The minimum absolute atomic E-state index is 0.135. The summed E-state index contributed by atoms with van der Waals surface area (Å²) in [4.78, 5) is 81.7. The Kier molecular flexibility index (Phi) is 12.8. The highest BCUT2D eigenvalue weighted by Crippen LogP contribution is 2.03. The van der Waals surface area contributed by atoms with E-state index in [0.29, 0.717) is 0 Å². The average Bonchev–Trinajstić information content (AvgIpc) is 2.70. The van der Waals surface area contributed by atoms with Crippen LogP contribution in [-0.4, -0.2) is 81.9 Å². The predicted molar refractivity (Wildman–Crippen MR) is 114 cm³/mol. The summed E-state index contributed by atoms with van der Waals surface area (Å²) in [7, 11) is 0. The molecular weight excluding hydrogens is 458 g/mol. The summed E-state index contributed by atoms with van der Waals surface area (Å²) in [6, 6.07) is -6.13. The van der Waals surface area contributed by atoms with Crippen molar-refractivity contribution in [3.05, 3.63) is 0 Å². The Hall–Kier alpha value is -3.79. The number of aliphatic hydroxyl groups excluding tert-OH is 1. The fourth-order valence-corrected chi connectivity index (χ4v) is 2.58. The van der Waals surface area contributed by atoms with Gasteiger partial charge in [-0.05, 0) is 19.8 Å². The van der Waals surface area contributed by atoms with Gasteiger partial charge in [-0.3, -0.25) is 28.8 Å². The number of carboxylic acid groups (broad SMARTS) is 1. The predicted octanol–water partition coefficient (Wildman–Crippen LogP) is -5.36. The van der Waals surface area contributed by atoms with Crippen molar-refractivity contribution < 1.29 is 43.8 Å². The molecule has 0 aliphatic heterocycles. The molecule has 0 aromatic rings. The minimum Gasteiger partial charge on any atom is -0.480 e. The molecule has 0 aliphatic rings. The molecular formula is C18H31N7O9. The molecule has 0 aromatic carbocycles. The summed E-state index contributed by atoms with van der Waals surface area (Å²) >= 11 is 0. The quantitative estimate of drug-likeness (QED) is 0.0990. The number of aliphatic hydroxyl groups is 1. The van der Waals surface area contributed by atoms with Crippen LogP contribution in [0.15, 0.2) is 0 Å². The third-order valence-electron chi connectivity index (χ3n) is 4.43. The van der Waals surface area contributed by atoms with E-state index in [9.17, 15) is 43.8 Å². The first-order chi connectivity index (χ1) is 15.6. The van der Waals surface area contributed by atoms with Crippen molar-refractivity contribution in [2.24, 2.45) is 22.9 Å². The first kappa shape index (κ1) is 30.2. The van der Waals surface area contributed by atoms with Crippen molar-refractivity contribution in [1.82, 2.24) is 16.0 Å². The van der Waals surface area contributed by atoms with Crippen LogP contribution in [0.1, 0.15) is 39.0 Å². The number of amides is 6. The molecule has 0 spiro atoms. The van der Waals surface area contributed by atoms with Crippen LogP contribution in [0.2, 0.25) is 0 Å². The van der Waals surface area contributed by atoms with E-state index in [1.807, 2.05) is 0 Å². The summed E-state index contributed by atoms with van der Waals surface area (Å²) in [6.07, 6.45) is -3.31. The Balaban J connectivity index is 5.43. The van der Waals surface area contributed by atoms with E-state index in [2.05, 4.69) is 16.0 Å². The Morgan fingerprint density at radius 3 is 1.68 bits per heavy atom. The Morgan fingerprint density at radius 1 is 0.735 bits per heavy atom. The number of carbonyl (C=O) groups excluding carboxylic acids is 6. The normalized spacial score (nSPS) is 15.0. The Bertz CT molecular complexity index is 803. The van der Waals surface area contributed by atoms with Gasteiger partial charge in [0.1, 0.15) is 18.1 Å². The molecule has 0 saturated carbocycles. The number of carbonyl (C=O) groups is 7. The smallest absolute Gasteiger partial charge is 0.326 e. The van der Waals surface area contributed by atoms with Crippen molar-refractivity contribution in [3.63, 3.8) is 0 Å². The largest absolute Gasteiger partial charge is 0.480 e. The van der Waals surface area contributed by atoms with E-state index in [1.165, 1.54) is 0 Å². The minimum atomic E-state index is -1.68. The van der Waals surface area contributed by atoms with Crippen molar-refractivity contribution in [3.8, 4) is 0 Å². The number of carboxylic acids is 1. The first-order valence-electron chi connectivity index (χ1n) is 10.1. The van der Waals surface area contributed by atoms with Crippen molar-refractivity contribution in [1.29, 1.82) is 0 Å². The highest BCUT2D eigenvalue weighted by molar-refractivity contribution is 5.96. The van der Waals surface area contributed by atoms with E-state index in [4.69, 9.17) is 22.9 Å². The van der Waals surface area contributed by atoms with Crippen LogP contribution in [0.3, 0.4) is 0 Å². The van der Waals surface area contributed by atoms with Gasteiger partial charge in [-0.2, -0.15) is 0 Å². The molecule has 0 saturated heterocycles. The lowest BCUT2D eigenvalue weighted by molar-refractivity contribution is -0.143. The van der Waals surface area contributed by atoms with Crippen LogP contribution in [0, 0.1) is 0 Å². The van der Waals surface area contributed by atoms with Gasteiger partial charge in [0, 0.05) is 12.8 Å². The number of nitrogens with one attached hydrogen (secondary N) is 3. The number of rotatable bonds is 16. The zero-order valence-corrected chi connectivity index (χ0v) is 18.5. The molecule has 13 N–H and O–H groups in total. The van der Waals surface area contributed by atoms with Gasteiger partial charge in [-0.25, -0.2) is 4.79 Å². The highest BCUT2D eigenvalue weighted by atomic mass is 16.4. The third kappa shape index (κ3) is 11.7. The number of aliphatic carboxylic acids is 1. The SMILES string of the molecule is CC(O)C(NC(=O)C(N)CCC(N)=O)C(=O)NC(CC(N)=O)C(=O)NC(CCC(N)=O)C(=O)O. The summed E-state index contributed by atoms with van der Waals surface area (Å²) in [5, 5.41) is 25.4. The number of nitrogens with two attached hydrogens (primary N) is 4. The van der Waals surface area contributed by atoms with Crippen LogP contribution in [0.4, 0.5) is 0 Å². The van der Waals surface area contributed by atoms with Gasteiger partial charge in [-0.15, -0.1) is 0 Å². The van der Waals surface area contributed by atoms with Gasteiger partial charge in [0.15, 0.2) is 0 Å². The van der Waals surface area contributed by atoms with Crippen LogP contribution < -0.4 is 38.9 Å². The molecule has 0 bridgehead atoms. The van der Waals surface area contributed by atoms with E-state index >= 15 is 0 Å². The molecule has 5 atom stereocenters. The summed E-state index contributed by atoms with van der Waals surface area (Å²) in [5.74, 6) is -7.20. The van der Waals surface area contributed by atoms with Crippen LogP contribution >= 0.6 is 0 Å². The van der Waals surface area contributed by atoms with E-state index < -0.39 is 78.1 Å². The lowest BCUT2D eigenvalue weighted by atomic mass is 10.1. The molecule has 16 heteroatoms. The number of hydrogen-bond acceptors (Lipinski definition) is 9. The molecule has 0 aliphatic carbocycles. The molecule has 0 aromatic heterocycles. The van der Waals surface area contributed by atoms with Crippen LogP contribution in [0.25, 0.3) is 0 Å². The lowest BCUT2D eigenvalue weighted by Crippen LogP contribution is -2.60. The van der Waals surface area contributed by atoms with Crippen LogP contribution in [-0.2, 0) is 33.6 Å². The number of hydrogen-bond donors (Lipinski definition) is 9. The second kappa shape index (κ2) is 14.4. The fourth-order valence-electron chi connectivity index (χ4n) is 2.58. The standard InChI is InChI=1S/C18H31N7O9/c1-7(26)14(25-15(30)8(19)2-4-11(20)27)17(32)24-10(6-13(22)29)16(31)23-9(18(33)34)3-5-12(21)28/h7-10,14,26H,2-6,19H2,1H3,(H2,20,27)(H2,21,28)(H2,22,29)(H,23,31)(H,24,32)(H,25,30)(H,33,34). The maximum Gasteiger partial charge on any atom is 0.326 e. The Morgan fingerprint density at radius 2 is 1.24 bits per heavy atom. The topological polar surface area (TPSA) is 300 Å². The third-order valence-corrected chi connectivity index (χ3v) is 4.43. The van der Waals surface area contributed by atoms with Crippen LogP contribution in [0.5, 0.6) is 0 Å². The van der Waals surface area contributed by atoms with Gasteiger partial charge in [0.25, 0.3) is 0 Å². The van der Waals surface area contributed by atoms with Crippen molar-refractivity contribution >= 4 is 41.4 Å². The van der Waals surface area contributed by atoms with Gasteiger partial charge in [0.2, 0.25) is 35.4 Å². The van der Waals surface area contributed by atoms with E-state index in [1.54, 1.807) is 0 Å². The maximum atomic E-state index is 12.6. The lowest BCUT2D eigenvalue weighted by Gasteiger charge is -2.26. The van der Waals surface area contributed by atoms with E-state index in [0.717, 1.165) is 6.92 Å². The van der Waals surface area contributed by atoms with E-state index in [-0.39, 0.29) is 25.7 Å². The van der Waals surface area contributed by atoms with Gasteiger partial charge < -0.3 is 49.1 Å². The molecule has 192 valence electrons. The molecule has 6 amide bonds.